The molecule has 2 aromatic rings. The Bertz CT molecular complexity index is 672. The van der Waals surface area contributed by atoms with Gasteiger partial charge in [-0.25, -0.2) is 9.59 Å². The fraction of sp³-hybridized carbons (Fsp3) is 0.222. The Morgan fingerprint density at radius 3 is 2.23 bits per heavy atom. The van der Waals surface area contributed by atoms with Crippen LogP contribution in [0.15, 0.2) is 48.5 Å². The summed E-state index contributed by atoms with van der Waals surface area (Å²) in [5.74, 6) is -0.596. The van der Waals surface area contributed by atoms with Crippen LogP contribution in [0.3, 0.4) is 0 Å². The van der Waals surface area contributed by atoms with E-state index < -0.39 is 11.9 Å². The average molecular weight is 298 g/mol. The van der Waals surface area contributed by atoms with Gasteiger partial charge >= 0.3 is 11.9 Å². The summed E-state index contributed by atoms with van der Waals surface area (Å²) in [6, 6.07) is 13.5. The number of rotatable bonds is 4. The van der Waals surface area contributed by atoms with E-state index in [1.807, 2.05) is 19.1 Å². The Morgan fingerprint density at radius 2 is 1.59 bits per heavy atom. The summed E-state index contributed by atoms with van der Waals surface area (Å²) in [5.41, 5.74) is 1.87. The zero-order chi connectivity index (χ0) is 16.1. The molecule has 0 aliphatic rings. The second-order valence-electron chi connectivity index (χ2n) is 5.24. The van der Waals surface area contributed by atoms with E-state index in [2.05, 4.69) is 0 Å². The zero-order valence-corrected chi connectivity index (χ0v) is 12.8. The van der Waals surface area contributed by atoms with Crippen molar-refractivity contribution < 1.29 is 19.1 Å². The molecule has 4 nitrogen and oxygen atoms in total. The zero-order valence-electron chi connectivity index (χ0n) is 12.8. The predicted octanol–water partition coefficient (Wildman–Crippen LogP) is 3.78. The van der Waals surface area contributed by atoms with Crippen molar-refractivity contribution in [2.24, 2.45) is 0 Å². The first kappa shape index (κ1) is 15.8. The molecule has 0 aliphatic carbocycles. The number of hydrogen-bond acceptors (Lipinski definition) is 4. The topological polar surface area (TPSA) is 52.6 Å². The Balaban J connectivity index is 2.11. The highest BCUT2D eigenvalue weighted by Crippen LogP contribution is 2.17. The highest BCUT2D eigenvalue weighted by Gasteiger charge is 2.12. The minimum absolute atomic E-state index is 0.203. The van der Waals surface area contributed by atoms with Crippen LogP contribution in [0.2, 0.25) is 0 Å². The standard InChI is InChI=1S/C18H18O4/c1-12(2)21-18(20)15-5-4-6-16(11-15)22-17(19)14-9-7-13(3)8-10-14/h4-12H,1-3H3. The normalized spacial score (nSPS) is 10.4. The first-order valence-corrected chi connectivity index (χ1v) is 7.05. The van der Waals surface area contributed by atoms with Gasteiger partial charge < -0.3 is 9.47 Å². The molecule has 0 aliphatic heterocycles. The van der Waals surface area contributed by atoms with Crippen LogP contribution in [0.1, 0.15) is 40.1 Å². The molecule has 0 aromatic heterocycles. The SMILES string of the molecule is Cc1ccc(C(=O)Oc2cccc(C(=O)OC(C)C)c2)cc1. The van der Waals surface area contributed by atoms with Gasteiger partial charge in [-0.05, 0) is 51.1 Å². The van der Waals surface area contributed by atoms with Crippen molar-refractivity contribution in [1.82, 2.24) is 0 Å². The lowest BCUT2D eigenvalue weighted by Gasteiger charge is -2.09. The monoisotopic (exact) mass is 298 g/mol. The molecule has 0 amide bonds. The third kappa shape index (κ3) is 4.19. The summed E-state index contributed by atoms with van der Waals surface area (Å²) < 4.78 is 10.4. The Hall–Kier alpha value is -2.62. The first-order chi connectivity index (χ1) is 10.5. The number of benzene rings is 2. The molecule has 0 radical (unpaired) electrons. The van der Waals surface area contributed by atoms with Crippen LogP contribution < -0.4 is 4.74 Å². The second-order valence-corrected chi connectivity index (χ2v) is 5.24. The molecule has 0 bridgehead atoms. The molecule has 4 heteroatoms. The quantitative estimate of drug-likeness (QED) is 0.636. The Labute approximate surface area is 129 Å². The predicted molar refractivity (Wildman–Crippen MR) is 83.1 cm³/mol. The molecule has 0 fully saturated rings. The average Bonchev–Trinajstić information content (AvgIpc) is 2.47. The van der Waals surface area contributed by atoms with E-state index in [-0.39, 0.29) is 6.10 Å². The van der Waals surface area contributed by atoms with E-state index in [4.69, 9.17) is 9.47 Å². The highest BCUT2D eigenvalue weighted by molar-refractivity contribution is 5.92. The van der Waals surface area contributed by atoms with E-state index in [9.17, 15) is 9.59 Å². The molecular weight excluding hydrogens is 280 g/mol. The number of carbonyl (C=O) groups excluding carboxylic acids is 2. The Kier molecular flexibility index (Phi) is 4.94. The molecule has 2 rings (SSSR count). The molecule has 0 unspecified atom stereocenters. The van der Waals surface area contributed by atoms with Crippen molar-refractivity contribution >= 4 is 11.9 Å². The maximum absolute atomic E-state index is 12.0. The van der Waals surface area contributed by atoms with Gasteiger partial charge in [-0.3, -0.25) is 0 Å². The van der Waals surface area contributed by atoms with Crippen molar-refractivity contribution in [3.63, 3.8) is 0 Å². The highest BCUT2D eigenvalue weighted by atomic mass is 16.5. The van der Waals surface area contributed by atoms with Crippen LogP contribution in [0.5, 0.6) is 5.75 Å². The molecular formula is C18H18O4. The maximum atomic E-state index is 12.0. The lowest BCUT2D eigenvalue weighted by molar-refractivity contribution is 0.0376. The summed E-state index contributed by atoms with van der Waals surface area (Å²) in [7, 11) is 0. The number of aryl methyl sites for hydroxylation is 1. The largest absolute Gasteiger partial charge is 0.459 e. The molecule has 0 saturated carbocycles. The third-order valence-electron chi connectivity index (χ3n) is 2.91. The van der Waals surface area contributed by atoms with Gasteiger partial charge in [0.1, 0.15) is 5.75 Å². The first-order valence-electron chi connectivity index (χ1n) is 7.05. The van der Waals surface area contributed by atoms with E-state index in [1.165, 1.54) is 6.07 Å². The Morgan fingerprint density at radius 1 is 0.909 bits per heavy atom. The van der Waals surface area contributed by atoms with Crippen LogP contribution in [-0.4, -0.2) is 18.0 Å². The minimum atomic E-state index is -0.464. The van der Waals surface area contributed by atoms with Crippen LogP contribution in [-0.2, 0) is 4.74 Å². The van der Waals surface area contributed by atoms with Gasteiger partial charge in [0.05, 0.1) is 17.2 Å². The van der Waals surface area contributed by atoms with Crippen LogP contribution >= 0.6 is 0 Å². The van der Waals surface area contributed by atoms with E-state index >= 15 is 0 Å². The number of carbonyl (C=O) groups is 2. The smallest absolute Gasteiger partial charge is 0.343 e. The van der Waals surface area contributed by atoms with Crippen molar-refractivity contribution in [3.05, 3.63) is 65.2 Å². The van der Waals surface area contributed by atoms with Gasteiger partial charge in [0.2, 0.25) is 0 Å². The summed E-state index contributed by atoms with van der Waals surface area (Å²) in [4.78, 5) is 23.9. The summed E-state index contributed by atoms with van der Waals surface area (Å²) in [6.07, 6.45) is -0.203. The molecule has 114 valence electrons. The molecule has 0 N–H and O–H groups in total. The van der Waals surface area contributed by atoms with Gasteiger partial charge in [-0.15, -0.1) is 0 Å². The summed E-state index contributed by atoms with van der Waals surface area (Å²) in [6.45, 7) is 5.50. The maximum Gasteiger partial charge on any atom is 0.343 e. The lowest BCUT2D eigenvalue weighted by atomic mass is 10.1. The van der Waals surface area contributed by atoms with Gasteiger partial charge in [0.15, 0.2) is 0 Å². The summed E-state index contributed by atoms with van der Waals surface area (Å²) >= 11 is 0. The third-order valence-corrected chi connectivity index (χ3v) is 2.91. The number of hydrogen-bond donors (Lipinski definition) is 0. The minimum Gasteiger partial charge on any atom is -0.459 e. The van der Waals surface area contributed by atoms with Crippen molar-refractivity contribution in [2.45, 2.75) is 26.9 Å². The molecule has 0 atom stereocenters. The molecule has 2 aromatic carbocycles. The van der Waals surface area contributed by atoms with Crippen molar-refractivity contribution in [2.75, 3.05) is 0 Å². The van der Waals surface area contributed by atoms with Crippen molar-refractivity contribution in [3.8, 4) is 5.75 Å². The van der Waals surface area contributed by atoms with Crippen LogP contribution in [0.4, 0.5) is 0 Å². The van der Waals surface area contributed by atoms with Crippen LogP contribution in [0.25, 0.3) is 0 Å². The van der Waals surface area contributed by atoms with E-state index in [1.54, 1.807) is 44.2 Å². The molecule has 0 spiro atoms. The number of esters is 2. The summed E-state index contributed by atoms with van der Waals surface area (Å²) in [5, 5.41) is 0. The van der Waals surface area contributed by atoms with Crippen LogP contribution in [0, 0.1) is 6.92 Å². The van der Waals surface area contributed by atoms with Gasteiger partial charge in [-0.1, -0.05) is 23.8 Å². The lowest BCUT2D eigenvalue weighted by Crippen LogP contribution is -2.12. The molecule has 22 heavy (non-hydrogen) atoms. The van der Waals surface area contributed by atoms with E-state index in [0.717, 1.165) is 5.56 Å². The van der Waals surface area contributed by atoms with Gasteiger partial charge in [-0.2, -0.15) is 0 Å². The number of ether oxygens (including phenoxy) is 2. The second kappa shape index (κ2) is 6.89. The van der Waals surface area contributed by atoms with Gasteiger partial charge in [0.25, 0.3) is 0 Å². The van der Waals surface area contributed by atoms with Crippen molar-refractivity contribution in [1.29, 1.82) is 0 Å². The fourth-order valence-corrected chi connectivity index (χ4v) is 1.82. The van der Waals surface area contributed by atoms with Gasteiger partial charge in [0, 0.05) is 0 Å². The molecule has 0 saturated heterocycles. The van der Waals surface area contributed by atoms with E-state index in [0.29, 0.717) is 16.9 Å². The molecule has 0 heterocycles. The fourth-order valence-electron chi connectivity index (χ4n) is 1.82.